The fourth-order valence-corrected chi connectivity index (χ4v) is 3.04. The zero-order valence-corrected chi connectivity index (χ0v) is 17.3. The minimum atomic E-state index is -2.67. The average molecular weight is 438 g/mol. The van der Waals surface area contributed by atoms with Gasteiger partial charge in [-0.25, -0.2) is 18.7 Å². The number of nitrogens with zero attached hydrogens (tertiary/aromatic N) is 5. The van der Waals surface area contributed by atoms with Gasteiger partial charge in [-0.15, -0.1) is 0 Å². The standard InChI is InChI=1S/C22H20F2N6O2/c1-13-29-19(31-12-16-8-22(16,23)24)7-20(30-13)32-18-6-14(9-26)2-3-17(18)21-27-10-15(4-5-25)11-28-21/h2-3,6-7,10-11,16H,4-5,8,12,25H2,1H3. The molecule has 3 aromatic rings. The second kappa shape index (κ2) is 8.80. The molecule has 0 radical (unpaired) electrons. The number of halogens is 2. The van der Waals surface area contributed by atoms with E-state index in [1.807, 2.05) is 0 Å². The van der Waals surface area contributed by atoms with Crippen LogP contribution in [0.3, 0.4) is 0 Å². The third-order valence-corrected chi connectivity index (χ3v) is 4.88. The molecule has 1 fully saturated rings. The molecule has 1 atom stereocenters. The maximum atomic E-state index is 13.1. The van der Waals surface area contributed by atoms with Crippen LogP contribution in [0.25, 0.3) is 11.4 Å². The molecule has 8 nitrogen and oxygen atoms in total. The zero-order valence-electron chi connectivity index (χ0n) is 17.3. The van der Waals surface area contributed by atoms with Crippen molar-refractivity contribution in [3.8, 4) is 35.0 Å². The van der Waals surface area contributed by atoms with Crippen molar-refractivity contribution in [1.29, 1.82) is 5.26 Å². The van der Waals surface area contributed by atoms with Crippen molar-refractivity contribution < 1.29 is 18.3 Å². The molecule has 2 aromatic heterocycles. The summed E-state index contributed by atoms with van der Waals surface area (Å²) < 4.78 is 37.6. The van der Waals surface area contributed by atoms with Crippen LogP contribution in [-0.2, 0) is 6.42 Å². The van der Waals surface area contributed by atoms with E-state index in [0.717, 1.165) is 5.56 Å². The largest absolute Gasteiger partial charge is 0.477 e. The van der Waals surface area contributed by atoms with Crippen LogP contribution in [0.5, 0.6) is 17.5 Å². The average Bonchev–Trinajstić information content (AvgIpc) is 3.39. The highest BCUT2D eigenvalue weighted by atomic mass is 19.3. The van der Waals surface area contributed by atoms with Crippen molar-refractivity contribution in [1.82, 2.24) is 19.9 Å². The monoisotopic (exact) mass is 438 g/mol. The van der Waals surface area contributed by atoms with Crippen molar-refractivity contribution in [2.45, 2.75) is 25.7 Å². The van der Waals surface area contributed by atoms with Crippen LogP contribution in [0.1, 0.15) is 23.4 Å². The Morgan fingerprint density at radius 2 is 1.91 bits per heavy atom. The molecule has 1 aliphatic rings. The first-order valence-corrected chi connectivity index (χ1v) is 9.97. The van der Waals surface area contributed by atoms with E-state index >= 15 is 0 Å². The molecule has 164 valence electrons. The van der Waals surface area contributed by atoms with Crippen molar-refractivity contribution in [2.24, 2.45) is 11.7 Å². The molecule has 10 heteroatoms. The molecule has 32 heavy (non-hydrogen) atoms. The molecule has 1 unspecified atom stereocenters. The van der Waals surface area contributed by atoms with Gasteiger partial charge in [-0.2, -0.15) is 15.2 Å². The van der Waals surface area contributed by atoms with Crippen LogP contribution in [0.4, 0.5) is 8.78 Å². The number of nitriles is 1. The first-order chi connectivity index (χ1) is 15.4. The Morgan fingerprint density at radius 1 is 1.19 bits per heavy atom. The molecule has 2 heterocycles. The summed E-state index contributed by atoms with van der Waals surface area (Å²) in [6.45, 7) is 1.99. The highest BCUT2D eigenvalue weighted by molar-refractivity contribution is 5.66. The predicted molar refractivity (Wildman–Crippen MR) is 110 cm³/mol. The minimum absolute atomic E-state index is 0.135. The number of nitrogens with two attached hydrogens (primary N) is 1. The molecule has 0 spiro atoms. The maximum Gasteiger partial charge on any atom is 0.255 e. The van der Waals surface area contributed by atoms with Gasteiger partial charge in [0.15, 0.2) is 5.82 Å². The first-order valence-electron chi connectivity index (χ1n) is 9.97. The summed E-state index contributed by atoms with van der Waals surface area (Å²) in [6.07, 6.45) is 3.85. The number of rotatable bonds is 8. The minimum Gasteiger partial charge on any atom is -0.477 e. The fourth-order valence-electron chi connectivity index (χ4n) is 3.04. The van der Waals surface area contributed by atoms with Gasteiger partial charge in [0, 0.05) is 18.8 Å². The van der Waals surface area contributed by atoms with Gasteiger partial charge in [0.1, 0.15) is 11.6 Å². The Bertz CT molecular complexity index is 1160. The SMILES string of the molecule is Cc1nc(OCC2CC2(F)F)cc(Oc2cc(C#N)ccc2-c2ncc(CCN)cn2)n1. The second-order valence-corrected chi connectivity index (χ2v) is 7.44. The van der Waals surface area contributed by atoms with E-state index in [-0.39, 0.29) is 24.8 Å². The van der Waals surface area contributed by atoms with Crippen LogP contribution >= 0.6 is 0 Å². The van der Waals surface area contributed by atoms with Gasteiger partial charge < -0.3 is 15.2 Å². The van der Waals surface area contributed by atoms with Crippen LogP contribution < -0.4 is 15.2 Å². The molecule has 4 rings (SSSR count). The zero-order chi connectivity index (χ0) is 22.7. The van der Waals surface area contributed by atoms with Crippen molar-refractivity contribution in [3.63, 3.8) is 0 Å². The van der Waals surface area contributed by atoms with Gasteiger partial charge in [-0.1, -0.05) is 0 Å². The molecular formula is C22H20F2N6O2. The number of hydrogen-bond donors (Lipinski definition) is 1. The molecule has 0 saturated heterocycles. The molecular weight excluding hydrogens is 418 g/mol. The summed E-state index contributed by atoms with van der Waals surface area (Å²) in [7, 11) is 0. The number of benzene rings is 1. The first kappa shape index (κ1) is 21.5. The highest BCUT2D eigenvalue weighted by Gasteiger charge is 2.57. The molecule has 0 amide bonds. The van der Waals surface area contributed by atoms with E-state index in [9.17, 15) is 14.0 Å². The molecule has 1 aliphatic carbocycles. The van der Waals surface area contributed by atoms with Crippen LogP contribution in [0.15, 0.2) is 36.7 Å². The summed E-state index contributed by atoms with van der Waals surface area (Å²) in [4.78, 5) is 17.1. The topological polar surface area (TPSA) is 120 Å². The Morgan fingerprint density at radius 3 is 2.56 bits per heavy atom. The van der Waals surface area contributed by atoms with E-state index < -0.39 is 11.8 Å². The second-order valence-electron chi connectivity index (χ2n) is 7.44. The lowest BCUT2D eigenvalue weighted by atomic mass is 10.1. The lowest BCUT2D eigenvalue weighted by Gasteiger charge is -2.12. The smallest absolute Gasteiger partial charge is 0.255 e. The summed E-state index contributed by atoms with van der Waals surface area (Å²) in [5, 5.41) is 9.29. The Hall–Kier alpha value is -3.71. The van der Waals surface area contributed by atoms with Crippen molar-refractivity contribution in [3.05, 3.63) is 53.6 Å². The Kier molecular flexibility index (Phi) is 5.92. The van der Waals surface area contributed by atoms with E-state index in [0.29, 0.717) is 41.5 Å². The Labute approximate surface area is 183 Å². The lowest BCUT2D eigenvalue weighted by molar-refractivity contribution is 0.0849. The van der Waals surface area contributed by atoms with Gasteiger partial charge >= 0.3 is 0 Å². The number of ether oxygens (including phenoxy) is 2. The molecule has 0 bridgehead atoms. The van der Waals surface area contributed by atoms with E-state index in [4.69, 9.17) is 15.2 Å². The van der Waals surface area contributed by atoms with Gasteiger partial charge in [-0.3, -0.25) is 0 Å². The van der Waals surface area contributed by atoms with E-state index in [2.05, 4.69) is 26.0 Å². The van der Waals surface area contributed by atoms with Crippen LogP contribution in [0.2, 0.25) is 0 Å². The van der Waals surface area contributed by atoms with Crippen LogP contribution in [0, 0.1) is 24.2 Å². The molecule has 0 aliphatic heterocycles. The predicted octanol–water partition coefficient (Wildman–Crippen LogP) is 3.44. The number of aromatic nitrogens is 4. The molecule has 1 aromatic carbocycles. The van der Waals surface area contributed by atoms with Gasteiger partial charge in [0.2, 0.25) is 11.8 Å². The third kappa shape index (κ3) is 4.95. The van der Waals surface area contributed by atoms with E-state index in [1.165, 1.54) is 6.07 Å². The van der Waals surface area contributed by atoms with Crippen molar-refractivity contribution >= 4 is 0 Å². The molecule has 1 saturated carbocycles. The van der Waals surface area contributed by atoms with E-state index in [1.54, 1.807) is 37.5 Å². The number of alkyl halides is 2. The lowest BCUT2D eigenvalue weighted by Crippen LogP contribution is -2.07. The number of aryl methyl sites for hydroxylation is 1. The van der Waals surface area contributed by atoms with Gasteiger partial charge in [0.25, 0.3) is 5.92 Å². The summed E-state index contributed by atoms with van der Waals surface area (Å²) in [6, 6.07) is 8.35. The van der Waals surface area contributed by atoms with Crippen molar-refractivity contribution in [2.75, 3.05) is 13.2 Å². The summed E-state index contributed by atoms with van der Waals surface area (Å²) in [5.41, 5.74) is 7.40. The number of hydrogen-bond acceptors (Lipinski definition) is 8. The fraction of sp³-hybridized carbons (Fsp3) is 0.318. The summed E-state index contributed by atoms with van der Waals surface area (Å²) in [5.74, 6) is -2.13. The molecule has 2 N–H and O–H groups in total. The normalized spacial score (nSPS) is 16.3. The quantitative estimate of drug-likeness (QED) is 0.568. The van der Waals surface area contributed by atoms with Gasteiger partial charge in [0.05, 0.1) is 35.8 Å². The van der Waals surface area contributed by atoms with Crippen LogP contribution in [-0.4, -0.2) is 39.0 Å². The summed E-state index contributed by atoms with van der Waals surface area (Å²) >= 11 is 0. The van der Waals surface area contributed by atoms with Gasteiger partial charge in [-0.05, 0) is 43.7 Å². The maximum absolute atomic E-state index is 13.1. The third-order valence-electron chi connectivity index (χ3n) is 4.88. The highest BCUT2D eigenvalue weighted by Crippen LogP contribution is 2.48. The Balaban J connectivity index is 1.60.